The molecule has 0 bridgehead atoms. The number of ketones is 1. The van der Waals surface area contributed by atoms with Gasteiger partial charge in [-0.1, -0.05) is 60.0 Å². The van der Waals surface area contributed by atoms with E-state index in [0.29, 0.717) is 32.5 Å². The van der Waals surface area contributed by atoms with E-state index in [0.717, 1.165) is 32.1 Å². The highest BCUT2D eigenvalue weighted by molar-refractivity contribution is 7.89. The zero-order chi connectivity index (χ0) is 38.1. The van der Waals surface area contributed by atoms with Crippen LogP contribution in [0.3, 0.4) is 0 Å². The molecule has 4 amide bonds. The van der Waals surface area contributed by atoms with Crippen molar-refractivity contribution in [2.75, 3.05) is 38.5 Å². The summed E-state index contributed by atoms with van der Waals surface area (Å²) in [6.07, 6.45) is 0.520. The summed E-state index contributed by atoms with van der Waals surface area (Å²) in [5.74, 6) is -2.87. The molecular formula is C35H59F3N6O6S. The van der Waals surface area contributed by atoms with Crippen LogP contribution in [0.4, 0.5) is 18.0 Å². The van der Waals surface area contributed by atoms with Crippen molar-refractivity contribution in [1.82, 2.24) is 30.5 Å². The molecule has 0 aromatic rings. The molecule has 0 radical (unpaired) electrons. The predicted molar refractivity (Wildman–Crippen MR) is 189 cm³/mol. The lowest BCUT2D eigenvalue weighted by molar-refractivity contribution is -0.146. The van der Waals surface area contributed by atoms with Crippen molar-refractivity contribution < 1.29 is 40.8 Å². The molecule has 2 saturated heterocycles. The number of hydrogen-bond acceptors (Lipinski definition) is 7. The topological polar surface area (TPSA) is 157 Å². The molecule has 1 saturated carbocycles. The van der Waals surface area contributed by atoms with Crippen molar-refractivity contribution in [3.8, 4) is 0 Å². The molecule has 3 aliphatic rings. The van der Waals surface area contributed by atoms with Gasteiger partial charge in [0.1, 0.15) is 0 Å². The molecule has 16 heteroatoms. The monoisotopic (exact) mass is 748 g/mol. The van der Waals surface area contributed by atoms with E-state index < -0.39 is 76.2 Å². The molecule has 12 nitrogen and oxygen atoms in total. The number of nitrogens with zero attached hydrogens (tertiary/aromatic N) is 2. The maximum atomic E-state index is 14.0. The number of amides is 4. The molecule has 1 unspecified atom stereocenters. The highest BCUT2D eigenvalue weighted by Crippen LogP contribution is 2.34. The van der Waals surface area contributed by atoms with Gasteiger partial charge in [-0.2, -0.15) is 17.5 Å². The van der Waals surface area contributed by atoms with Crippen LogP contribution in [0, 0.1) is 23.2 Å². The molecule has 0 aromatic heterocycles. The minimum absolute atomic E-state index is 0.0183. The first kappa shape index (κ1) is 42.7. The molecule has 4 N–H and O–H groups in total. The molecule has 0 spiro atoms. The summed E-state index contributed by atoms with van der Waals surface area (Å²) in [5, 5.41) is 11.0. The number of sulfonamides is 1. The summed E-state index contributed by atoms with van der Waals surface area (Å²) in [5.41, 5.74) is -0.457. The number of alkyl halides is 3. The summed E-state index contributed by atoms with van der Waals surface area (Å²) in [4.78, 5) is 55.1. The highest BCUT2D eigenvalue weighted by atomic mass is 32.2. The van der Waals surface area contributed by atoms with Crippen LogP contribution in [0.15, 0.2) is 12.7 Å². The number of nitrogens with one attached hydrogen (secondary N) is 4. The molecule has 292 valence electrons. The van der Waals surface area contributed by atoms with Crippen molar-refractivity contribution in [2.45, 2.75) is 123 Å². The molecular weight excluding hydrogens is 689 g/mol. The van der Waals surface area contributed by atoms with Crippen molar-refractivity contribution in [1.29, 1.82) is 0 Å². The fourth-order valence-corrected chi connectivity index (χ4v) is 9.03. The summed E-state index contributed by atoms with van der Waals surface area (Å²) in [6, 6.07) is -3.78. The third-order valence-corrected chi connectivity index (χ3v) is 12.5. The second kappa shape index (κ2) is 18.4. The maximum Gasteiger partial charge on any atom is 0.389 e. The fraction of sp³-hybridized carbons (Fsp3) is 0.829. The van der Waals surface area contributed by atoms with Gasteiger partial charge in [0, 0.05) is 44.7 Å². The maximum absolute atomic E-state index is 14.0. The molecule has 3 fully saturated rings. The highest BCUT2D eigenvalue weighted by Gasteiger charge is 2.44. The Kier molecular flexibility index (Phi) is 15.4. The fourth-order valence-electron chi connectivity index (χ4n) is 7.50. The van der Waals surface area contributed by atoms with Gasteiger partial charge in [0.25, 0.3) is 5.91 Å². The molecule has 2 heterocycles. The Morgan fingerprint density at radius 1 is 0.922 bits per heavy atom. The van der Waals surface area contributed by atoms with E-state index in [9.17, 15) is 40.8 Å². The smallest absolute Gasteiger partial charge is 0.346 e. The average Bonchev–Trinajstić information content (AvgIpc) is 3.62. The lowest BCUT2D eigenvalue weighted by Gasteiger charge is -2.38. The van der Waals surface area contributed by atoms with E-state index in [-0.39, 0.29) is 42.6 Å². The molecule has 0 aromatic carbocycles. The van der Waals surface area contributed by atoms with Crippen LogP contribution in [-0.2, 0) is 24.4 Å². The van der Waals surface area contributed by atoms with Crippen LogP contribution in [0.5, 0.6) is 0 Å². The van der Waals surface area contributed by atoms with E-state index >= 15 is 0 Å². The van der Waals surface area contributed by atoms with E-state index in [1.807, 2.05) is 39.5 Å². The van der Waals surface area contributed by atoms with Crippen molar-refractivity contribution in [2.24, 2.45) is 23.2 Å². The average molecular weight is 749 g/mol. The number of likely N-dealkylation sites (tertiary alicyclic amines) is 1. The number of rotatable bonds is 16. The third-order valence-electron chi connectivity index (χ3n) is 10.6. The standard InChI is InChI=1S/C35H59F3N6O6S/c1-7-17-39-32(47)30(45)26(14-16-35(36,37)38)40-31(46)29-25(23(2)3)15-19-43(29)21-27(24-12-9-8-10-13-24)41-33(48)42-28(34(4,5)6)22-44-18-11-20-51(44,49)50/h7,23-29H,1,8-22H2,2-6H3,(H,39,47)(H,40,46)(H2,41,42,48)/t25-,26?,27-,28-,29+/m1/s1. The Bertz CT molecular complexity index is 1330. The molecule has 51 heavy (non-hydrogen) atoms. The summed E-state index contributed by atoms with van der Waals surface area (Å²) in [6.45, 7) is 14.5. The molecule has 5 atom stereocenters. The van der Waals surface area contributed by atoms with Gasteiger partial charge < -0.3 is 21.3 Å². The Morgan fingerprint density at radius 2 is 1.59 bits per heavy atom. The van der Waals surface area contributed by atoms with Crippen LogP contribution in [0.1, 0.15) is 92.4 Å². The minimum Gasteiger partial charge on any atom is -0.346 e. The second-order valence-electron chi connectivity index (χ2n) is 15.8. The van der Waals surface area contributed by atoms with E-state index in [2.05, 4.69) is 27.8 Å². The number of Topliss-reactive ketones (excluding diaryl/α,β-unsaturated/α-hetero) is 1. The van der Waals surface area contributed by atoms with Gasteiger partial charge in [-0.05, 0) is 61.8 Å². The summed E-state index contributed by atoms with van der Waals surface area (Å²) in [7, 11) is -3.38. The van der Waals surface area contributed by atoms with Crippen molar-refractivity contribution in [3.05, 3.63) is 12.7 Å². The van der Waals surface area contributed by atoms with Gasteiger partial charge in [-0.15, -0.1) is 6.58 Å². The van der Waals surface area contributed by atoms with Gasteiger partial charge >= 0.3 is 12.2 Å². The quantitative estimate of drug-likeness (QED) is 0.139. The van der Waals surface area contributed by atoms with Crippen LogP contribution in [-0.4, -0.2) is 110 Å². The third kappa shape index (κ3) is 12.7. The first-order valence-electron chi connectivity index (χ1n) is 18.3. The van der Waals surface area contributed by atoms with Crippen LogP contribution >= 0.6 is 0 Å². The van der Waals surface area contributed by atoms with E-state index in [4.69, 9.17) is 0 Å². The lowest BCUT2D eigenvalue weighted by Crippen LogP contribution is -2.59. The van der Waals surface area contributed by atoms with Crippen LogP contribution in [0.25, 0.3) is 0 Å². The molecule has 2 aliphatic heterocycles. The zero-order valence-electron chi connectivity index (χ0n) is 30.8. The second-order valence-corrected chi connectivity index (χ2v) is 17.9. The van der Waals surface area contributed by atoms with Crippen LogP contribution in [0.2, 0.25) is 0 Å². The van der Waals surface area contributed by atoms with E-state index in [1.54, 1.807) is 0 Å². The minimum atomic E-state index is -4.60. The Hall–Kier alpha value is -2.72. The van der Waals surface area contributed by atoms with Gasteiger partial charge in [-0.25, -0.2) is 13.2 Å². The predicted octanol–water partition coefficient (Wildman–Crippen LogP) is 3.73. The zero-order valence-corrected chi connectivity index (χ0v) is 31.6. The van der Waals surface area contributed by atoms with Gasteiger partial charge in [0.05, 0.1) is 17.8 Å². The summed E-state index contributed by atoms with van der Waals surface area (Å²) < 4.78 is 66.3. The Labute approximate surface area is 301 Å². The van der Waals surface area contributed by atoms with Gasteiger partial charge in [0.2, 0.25) is 21.7 Å². The normalized spacial score (nSPS) is 23.7. The van der Waals surface area contributed by atoms with Gasteiger partial charge in [-0.3, -0.25) is 19.3 Å². The first-order valence-corrected chi connectivity index (χ1v) is 19.9. The summed E-state index contributed by atoms with van der Waals surface area (Å²) >= 11 is 0. The number of carbonyl (C=O) groups excluding carboxylic acids is 4. The number of halogens is 3. The Morgan fingerprint density at radius 3 is 2.14 bits per heavy atom. The SMILES string of the molecule is C=CCNC(=O)C(=O)C(CCC(F)(F)F)NC(=O)[C@@H]1[C@@H](C(C)C)CCN1C[C@@H](NC(=O)N[C@H](CN1CCCS1(=O)=O)C(C)(C)C)C1CCCCC1. The number of carbonyl (C=O) groups is 4. The number of hydrogen-bond donors (Lipinski definition) is 4. The van der Waals surface area contributed by atoms with Crippen molar-refractivity contribution in [3.63, 3.8) is 0 Å². The molecule has 1 aliphatic carbocycles. The Balaban J connectivity index is 1.83. The van der Waals surface area contributed by atoms with Crippen molar-refractivity contribution >= 4 is 33.7 Å². The molecule has 3 rings (SSSR count). The van der Waals surface area contributed by atoms with E-state index in [1.165, 1.54) is 10.4 Å². The first-order chi connectivity index (χ1) is 23.7. The lowest BCUT2D eigenvalue weighted by atomic mass is 9.83. The van der Waals surface area contributed by atoms with Crippen LogP contribution < -0.4 is 21.3 Å². The number of urea groups is 1. The largest absolute Gasteiger partial charge is 0.389 e. The van der Waals surface area contributed by atoms with Gasteiger partial charge in [0.15, 0.2) is 0 Å².